The van der Waals surface area contributed by atoms with Gasteiger partial charge in [0.25, 0.3) is 0 Å². The minimum absolute atomic E-state index is 0.0177. The van der Waals surface area contributed by atoms with Crippen molar-refractivity contribution in [3.8, 4) is 0 Å². The summed E-state index contributed by atoms with van der Waals surface area (Å²) in [7, 11) is -4.56. The number of Topliss-reactive ketones (excluding diaryl/α,β-unsaturated/α-hetero) is 2. The zero-order chi connectivity index (χ0) is 34.7. The molecule has 8 nitrogen and oxygen atoms in total. The van der Waals surface area contributed by atoms with E-state index in [1.807, 2.05) is 97.9 Å². The second-order valence-electron chi connectivity index (χ2n) is 15.4. The molecular weight excluding hydrogens is 640 g/mol. The Labute approximate surface area is 289 Å². The van der Waals surface area contributed by atoms with Gasteiger partial charge in [-0.15, -0.1) is 0 Å². The third kappa shape index (κ3) is 5.62. The summed E-state index contributed by atoms with van der Waals surface area (Å²) in [6, 6.07) is 29.5. The molecule has 49 heavy (non-hydrogen) atoms. The lowest BCUT2D eigenvalue weighted by Crippen LogP contribution is -2.62. The number of hydrogen-bond acceptors (Lipinski definition) is 7. The fraction of sp³-hybridized carbons (Fsp3) is 0.500. The second kappa shape index (κ2) is 12.5. The predicted molar refractivity (Wildman–Crippen MR) is 184 cm³/mol. The van der Waals surface area contributed by atoms with Gasteiger partial charge >= 0.3 is 10.4 Å². The zero-order valence-electron chi connectivity index (χ0n) is 28.2. The Morgan fingerprint density at radius 3 is 1.92 bits per heavy atom. The highest BCUT2D eigenvalue weighted by Crippen LogP contribution is 2.67. The lowest BCUT2D eigenvalue weighted by molar-refractivity contribution is -0.181. The van der Waals surface area contributed by atoms with Crippen molar-refractivity contribution >= 4 is 22.0 Å². The number of benzene rings is 3. The number of fused-ring (bicyclic) bond motifs is 5. The first-order valence-electron chi connectivity index (χ1n) is 17.6. The van der Waals surface area contributed by atoms with E-state index in [0.717, 1.165) is 29.5 Å². The molecule has 260 valence electrons. The first-order valence-corrected chi connectivity index (χ1v) is 18.9. The molecule has 4 saturated carbocycles. The summed E-state index contributed by atoms with van der Waals surface area (Å²) in [5.74, 6) is -0.473. The Morgan fingerprint density at radius 1 is 0.837 bits per heavy atom. The standard InChI is InChI=1S/C40H46O8S/c1-37-22-20-31(48-49(44,45)46)24-30(37)18-19-32-33-21-23-39(43,38(33,2)25-34(41)36(32)37)35(42)26-47-40(27-12-6-3-7-13-27,28-14-8-4-9-15-28)29-16-10-5-11-17-29/h3-17,30-33,36,43H,18-26H2,1-2H3,(H,44,45,46)/t30-,31+,32-,33-,36+,37-,38-,39-/m0/s1. The molecule has 0 spiro atoms. The summed E-state index contributed by atoms with van der Waals surface area (Å²) < 4.78 is 44.0. The van der Waals surface area contributed by atoms with Crippen LogP contribution < -0.4 is 0 Å². The van der Waals surface area contributed by atoms with E-state index < -0.39 is 38.9 Å². The van der Waals surface area contributed by atoms with Gasteiger partial charge in [-0.05, 0) is 84.8 Å². The van der Waals surface area contributed by atoms with Gasteiger partial charge < -0.3 is 9.84 Å². The first kappa shape index (κ1) is 34.2. The van der Waals surface area contributed by atoms with Gasteiger partial charge in [-0.1, -0.05) is 105 Å². The number of rotatable bonds is 9. The van der Waals surface area contributed by atoms with Crippen molar-refractivity contribution in [3.05, 3.63) is 108 Å². The van der Waals surface area contributed by atoms with Crippen LogP contribution >= 0.6 is 0 Å². The number of carbonyl (C=O) groups is 2. The molecule has 0 heterocycles. The highest BCUT2D eigenvalue weighted by atomic mass is 32.3. The van der Waals surface area contributed by atoms with Crippen LogP contribution in [0.4, 0.5) is 0 Å². The van der Waals surface area contributed by atoms with Crippen molar-refractivity contribution in [2.75, 3.05) is 6.61 Å². The van der Waals surface area contributed by atoms with Crippen LogP contribution in [0.25, 0.3) is 0 Å². The molecule has 3 aromatic rings. The van der Waals surface area contributed by atoms with E-state index >= 15 is 0 Å². The van der Waals surface area contributed by atoms with Crippen LogP contribution in [0.5, 0.6) is 0 Å². The molecule has 0 saturated heterocycles. The van der Waals surface area contributed by atoms with Gasteiger partial charge in [0.2, 0.25) is 0 Å². The van der Waals surface area contributed by atoms with Crippen LogP contribution in [-0.4, -0.2) is 48.0 Å². The third-order valence-corrected chi connectivity index (χ3v) is 13.7. The van der Waals surface area contributed by atoms with Crippen LogP contribution in [0.3, 0.4) is 0 Å². The van der Waals surface area contributed by atoms with Crippen molar-refractivity contribution in [2.24, 2.45) is 34.5 Å². The van der Waals surface area contributed by atoms with Gasteiger partial charge in [0.1, 0.15) is 23.6 Å². The minimum atomic E-state index is -4.56. The molecule has 4 fully saturated rings. The SMILES string of the molecule is C[C@]12CC[C@@H](OS(=O)(=O)O)C[C@@H]1CC[C@@H]1[C@@H]2C(=O)C[C@@]2(C)[C@H]1CC[C@]2(O)C(=O)COC(c1ccccc1)(c1ccccc1)c1ccccc1. The number of hydrogen-bond donors (Lipinski definition) is 2. The molecule has 0 aliphatic heterocycles. The average molecular weight is 687 g/mol. The summed E-state index contributed by atoms with van der Waals surface area (Å²) in [5, 5.41) is 12.5. The summed E-state index contributed by atoms with van der Waals surface area (Å²) >= 11 is 0. The Bertz CT molecular complexity index is 1700. The van der Waals surface area contributed by atoms with Gasteiger partial charge in [-0.25, -0.2) is 4.18 Å². The third-order valence-electron chi connectivity index (χ3n) is 13.1. The molecule has 0 unspecified atom stereocenters. The minimum Gasteiger partial charge on any atom is -0.381 e. The van der Waals surface area contributed by atoms with Crippen LogP contribution in [0, 0.1) is 34.5 Å². The predicted octanol–water partition coefficient (Wildman–Crippen LogP) is 6.71. The molecule has 7 rings (SSSR count). The highest BCUT2D eigenvalue weighted by molar-refractivity contribution is 7.80. The van der Waals surface area contributed by atoms with Crippen molar-refractivity contribution in [1.29, 1.82) is 0 Å². The normalized spacial score (nSPS) is 34.4. The van der Waals surface area contributed by atoms with Gasteiger partial charge in [0.15, 0.2) is 5.78 Å². The average Bonchev–Trinajstić information content (AvgIpc) is 3.36. The van der Waals surface area contributed by atoms with E-state index in [4.69, 9.17) is 8.92 Å². The Hall–Kier alpha value is -3.21. The van der Waals surface area contributed by atoms with E-state index in [1.54, 1.807) is 0 Å². The van der Waals surface area contributed by atoms with Gasteiger partial charge in [0.05, 0.1) is 6.10 Å². The molecule has 9 heteroatoms. The van der Waals surface area contributed by atoms with Crippen molar-refractivity contribution in [1.82, 2.24) is 0 Å². The molecule has 0 radical (unpaired) electrons. The fourth-order valence-electron chi connectivity index (χ4n) is 10.8. The summed E-state index contributed by atoms with van der Waals surface area (Å²) in [6.45, 7) is 3.74. The second-order valence-corrected chi connectivity index (χ2v) is 16.4. The van der Waals surface area contributed by atoms with E-state index in [-0.39, 0.29) is 54.3 Å². The van der Waals surface area contributed by atoms with Crippen LogP contribution in [0.15, 0.2) is 91.0 Å². The van der Waals surface area contributed by atoms with Crippen molar-refractivity contribution < 1.29 is 36.6 Å². The highest BCUT2D eigenvalue weighted by Gasteiger charge is 2.69. The van der Waals surface area contributed by atoms with E-state index in [0.29, 0.717) is 25.7 Å². The lowest BCUT2D eigenvalue weighted by atomic mass is 9.44. The van der Waals surface area contributed by atoms with Crippen molar-refractivity contribution in [2.45, 2.75) is 82.5 Å². The van der Waals surface area contributed by atoms with E-state index in [1.165, 1.54) is 0 Å². The van der Waals surface area contributed by atoms with Gasteiger partial charge in [0, 0.05) is 17.8 Å². The Kier molecular flexibility index (Phi) is 8.76. The molecule has 2 N–H and O–H groups in total. The summed E-state index contributed by atoms with van der Waals surface area (Å²) in [4.78, 5) is 28.8. The molecule has 8 atom stereocenters. The summed E-state index contributed by atoms with van der Waals surface area (Å²) in [5.41, 5.74) is -1.54. The smallest absolute Gasteiger partial charge is 0.381 e. The monoisotopic (exact) mass is 686 g/mol. The van der Waals surface area contributed by atoms with Crippen LogP contribution in [0.2, 0.25) is 0 Å². The number of aliphatic hydroxyl groups is 1. The maximum Gasteiger partial charge on any atom is 0.397 e. The van der Waals surface area contributed by atoms with Crippen LogP contribution in [0.1, 0.15) is 81.9 Å². The number of ketones is 2. The van der Waals surface area contributed by atoms with E-state index in [9.17, 15) is 27.7 Å². The summed E-state index contributed by atoms with van der Waals surface area (Å²) in [6.07, 6.45) is 3.51. The molecule has 4 aliphatic rings. The molecule has 0 bridgehead atoms. The lowest BCUT2D eigenvalue weighted by Gasteiger charge is -2.60. The molecule has 3 aromatic carbocycles. The molecule has 0 aromatic heterocycles. The topological polar surface area (TPSA) is 127 Å². The quantitative estimate of drug-likeness (QED) is 0.188. The van der Waals surface area contributed by atoms with Gasteiger partial charge in [-0.2, -0.15) is 8.42 Å². The number of ether oxygens (including phenoxy) is 1. The van der Waals surface area contributed by atoms with Gasteiger partial charge in [-0.3, -0.25) is 14.1 Å². The van der Waals surface area contributed by atoms with Crippen LogP contribution in [-0.2, 0) is 34.5 Å². The zero-order valence-corrected chi connectivity index (χ0v) is 29.0. The number of carbonyl (C=O) groups excluding carboxylic acids is 2. The van der Waals surface area contributed by atoms with Crippen molar-refractivity contribution in [3.63, 3.8) is 0 Å². The Morgan fingerprint density at radius 2 is 1.39 bits per heavy atom. The fourth-order valence-corrected chi connectivity index (χ4v) is 11.3. The van der Waals surface area contributed by atoms with E-state index in [2.05, 4.69) is 6.92 Å². The largest absolute Gasteiger partial charge is 0.397 e. The molecule has 4 aliphatic carbocycles. The molecule has 0 amide bonds. The Balaban J connectivity index is 1.17. The maximum absolute atomic E-state index is 14.5. The maximum atomic E-state index is 14.5. The molecular formula is C40H46O8S. The first-order chi connectivity index (χ1) is 23.3.